The van der Waals surface area contributed by atoms with Gasteiger partial charge in [0.1, 0.15) is 17.7 Å². The highest BCUT2D eigenvalue weighted by atomic mass is 16.1. The Kier molecular flexibility index (Phi) is 3.08. The van der Waals surface area contributed by atoms with E-state index in [9.17, 15) is 4.79 Å². The van der Waals surface area contributed by atoms with E-state index >= 15 is 0 Å². The van der Waals surface area contributed by atoms with E-state index in [-0.39, 0.29) is 11.8 Å². The van der Waals surface area contributed by atoms with Crippen LogP contribution < -0.4 is 5.32 Å². The van der Waals surface area contributed by atoms with Crippen LogP contribution in [0.4, 0.5) is 5.82 Å². The maximum Gasteiger partial charge on any atom is 0.226 e. The molecule has 5 rings (SSSR count). The summed E-state index contributed by atoms with van der Waals surface area (Å²) >= 11 is 0. The molecule has 0 unspecified atom stereocenters. The van der Waals surface area contributed by atoms with E-state index in [1.54, 1.807) is 23.4 Å². The third kappa shape index (κ3) is 2.10. The first-order valence-electron chi connectivity index (χ1n) is 8.16. The van der Waals surface area contributed by atoms with Gasteiger partial charge in [-0.1, -0.05) is 6.07 Å². The molecule has 2 N–H and O–H groups in total. The minimum Gasteiger partial charge on any atom is -0.340 e. The third-order valence-electron chi connectivity index (χ3n) is 4.59. The van der Waals surface area contributed by atoms with E-state index < -0.39 is 0 Å². The van der Waals surface area contributed by atoms with Crippen LogP contribution in [0.25, 0.3) is 17.0 Å². The van der Waals surface area contributed by atoms with Gasteiger partial charge in [-0.05, 0) is 18.6 Å². The summed E-state index contributed by atoms with van der Waals surface area (Å²) in [6.45, 7) is 1.93. The highest BCUT2D eigenvalue weighted by molar-refractivity contribution is 5.95. The molecule has 5 heterocycles. The molecule has 4 aromatic heterocycles. The van der Waals surface area contributed by atoms with Crippen molar-refractivity contribution in [1.82, 2.24) is 34.7 Å². The molecule has 1 aliphatic rings. The first-order valence-corrected chi connectivity index (χ1v) is 8.16. The number of pyridine rings is 1. The summed E-state index contributed by atoms with van der Waals surface area (Å²) in [4.78, 5) is 32.3. The number of aromatic amines is 1. The molecule has 0 fully saturated rings. The van der Waals surface area contributed by atoms with Crippen LogP contribution >= 0.6 is 0 Å². The Labute approximate surface area is 147 Å². The monoisotopic (exact) mass is 346 g/mol. The number of H-pyrrole nitrogens is 1. The summed E-state index contributed by atoms with van der Waals surface area (Å²) < 4.78 is 1.65. The normalized spacial score (nSPS) is 16.5. The van der Waals surface area contributed by atoms with Crippen molar-refractivity contribution in [3.8, 4) is 5.82 Å². The second kappa shape index (κ2) is 5.45. The SMILES string of the molecule is Cc1nn(-c2ncnc3nc[nH]c23)c2c1[C@@H](c1cccnc1)CC(=O)N2. The van der Waals surface area contributed by atoms with Crippen molar-refractivity contribution in [1.29, 1.82) is 0 Å². The fourth-order valence-corrected chi connectivity index (χ4v) is 3.48. The van der Waals surface area contributed by atoms with Crippen molar-refractivity contribution >= 4 is 22.9 Å². The number of nitrogens with zero attached hydrogens (tertiary/aromatic N) is 6. The zero-order valence-electron chi connectivity index (χ0n) is 13.8. The first kappa shape index (κ1) is 14.7. The van der Waals surface area contributed by atoms with Gasteiger partial charge in [-0.2, -0.15) is 9.78 Å². The van der Waals surface area contributed by atoms with Crippen molar-refractivity contribution in [3.05, 3.63) is 54.0 Å². The third-order valence-corrected chi connectivity index (χ3v) is 4.59. The molecule has 1 amide bonds. The Bertz CT molecular complexity index is 1130. The van der Waals surface area contributed by atoms with E-state index in [0.29, 0.717) is 29.2 Å². The Balaban J connectivity index is 1.74. The fraction of sp³-hybridized carbons (Fsp3) is 0.176. The summed E-state index contributed by atoms with van der Waals surface area (Å²) in [5.74, 6) is 1.01. The van der Waals surface area contributed by atoms with Crippen molar-refractivity contribution in [2.24, 2.45) is 0 Å². The number of nitrogens with one attached hydrogen (secondary N) is 2. The Morgan fingerprint density at radius 3 is 3.04 bits per heavy atom. The molecular formula is C17H14N8O. The molecule has 4 aromatic rings. The summed E-state index contributed by atoms with van der Waals surface area (Å²) in [7, 11) is 0. The van der Waals surface area contributed by atoms with E-state index in [1.807, 2.05) is 19.1 Å². The van der Waals surface area contributed by atoms with E-state index in [0.717, 1.165) is 16.8 Å². The molecular weight excluding hydrogens is 332 g/mol. The first-order chi connectivity index (χ1) is 12.7. The predicted octanol–water partition coefficient (Wildman–Crippen LogP) is 1.72. The number of hydrogen-bond donors (Lipinski definition) is 2. The standard InChI is InChI=1S/C17H14N8O/c1-9-13-11(10-3-2-4-18-6-10)5-12(26)23-16(13)25(24-9)17-14-15(20-7-19-14)21-8-22-17/h2-4,6-8,11H,5H2,1H3,(H,23,26)(H,19,20,21,22)/t11-/m1/s1. The predicted molar refractivity (Wildman–Crippen MR) is 92.9 cm³/mol. The molecule has 9 heteroatoms. The summed E-state index contributed by atoms with van der Waals surface area (Å²) in [5.41, 5.74) is 4.00. The van der Waals surface area contributed by atoms with E-state index in [1.165, 1.54) is 6.33 Å². The van der Waals surface area contributed by atoms with Gasteiger partial charge in [-0.25, -0.2) is 15.0 Å². The Morgan fingerprint density at radius 2 is 2.19 bits per heavy atom. The maximum absolute atomic E-state index is 12.4. The molecule has 0 aliphatic carbocycles. The number of carbonyl (C=O) groups is 1. The number of amides is 1. The molecule has 0 aromatic carbocycles. The molecule has 0 saturated carbocycles. The molecule has 0 radical (unpaired) electrons. The van der Waals surface area contributed by atoms with Gasteiger partial charge in [0, 0.05) is 30.3 Å². The van der Waals surface area contributed by atoms with Crippen LogP contribution in [0.5, 0.6) is 0 Å². The number of rotatable bonds is 2. The number of fused-ring (bicyclic) bond motifs is 2. The van der Waals surface area contributed by atoms with Crippen LogP contribution in [0.1, 0.15) is 29.2 Å². The number of anilines is 1. The topological polar surface area (TPSA) is 114 Å². The number of aromatic nitrogens is 7. The maximum atomic E-state index is 12.4. The van der Waals surface area contributed by atoms with Crippen LogP contribution in [-0.2, 0) is 4.79 Å². The number of hydrogen-bond acceptors (Lipinski definition) is 6. The van der Waals surface area contributed by atoms with Crippen molar-refractivity contribution in [2.45, 2.75) is 19.3 Å². The Morgan fingerprint density at radius 1 is 1.27 bits per heavy atom. The lowest BCUT2D eigenvalue weighted by Crippen LogP contribution is -2.25. The zero-order valence-corrected chi connectivity index (χ0v) is 13.8. The largest absolute Gasteiger partial charge is 0.340 e. The van der Waals surface area contributed by atoms with Gasteiger partial charge >= 0.3 is 0 Å². The van der Waals surface area contributed by atoms with Crippen molar-refractivity contribution < 1.29 is 4.79 Å². The average molecular weight is 346 g/mol. The molecule has 9 nitrogen and oxygen atoms in total. The van der Waals surface area contributed by atoms with Crippen molar-refractivity contribution in [2.75, 3.05) is 5.32 Å². The minimum atomic E-state index is -0.0969. The van der Waals surface area contributed by atoms with Crippen LogP contribution in [0.3, 0.4) is 0 Å². The molecule has 0 spiro atoms. The van der Waals surface area contributed by atoms with Gasteiger partial charge in [-0.3, -0.25) is 9.78 Å². The van der Waals surface area contributed by atoms with Crippen LogP contribution in [0.2, 0.25) is 0 Å². The van der Waals surface area contributed by atoms with Crippen molar-refractivity contribution in [3.63, 3.8) is 0 Å². The van der Waals surface area contributed by atoms with E-state index in [4.69, 9.17) is 0 Å². The second-order valence-electron chi connectivity index (χ2n) is 6.15. The molecule has 0 bridgehead atoms. The smallest absolute Gasteiger partial charge is 0.226 e. The lowest BCUT2D eigenvalue weighted by atomic mass is 9.87. The van der Waals surface area contributed by atoms with Crippen LogP contribution in [0, 0.1) is 6.92 Å². The van der Waals surface area contributed by atoms with Gasteiger partial charge in [0.25, 0.3) is 0 Å². The van der Waals surface area contributed by atoms with Gasteiger partial charge < -0.3 is 10.3 Å². The highest BCUT2D eigenvalue weighted by Crippen LogP contribution is 2.40. The molecule has 26 heavy (non-hydrogen) atoms. The minimum absolute atomic E-state index is 0.0672. The molecule has 1 atom stereocenters. The molecule has 0 saturated heterocycles. The molecule has 1 aliphatic heterocycles. The summed E-state index contributed by atoms with van der Waals surface area (Å²) in [6, 6.07) is 3.86. The number of aryl methyl sites for hydroxylation is 1. The fourth-order valence-electron chi connectivity index (χ4n) is 3.48. The average Bonchev–Trinajstić information content (AvgIpc) is 3.26. The van der Waals surface area contributed by atoms with Crippen LogP contribution in [0.15, 0.2) is 37.2 Å². The van der Waals surface area contributed by atoms with Gasteiger partial charge in [0.15, 0.2) is 11.5 Å². The second-order valence-corrected chi connectivity index (χ2v) is 6.15. The summed E-state index contributed by atoms with van der Waals surface area (Å²) in [5, 5.41) is 7.60. The van der Waals surface area contributed by atoms with Gasteiger partial charge in [0.2, 0.25) is 5.91 Å². The zero-order chi connectivity index (χ0) is 17.7. The quantitative estimate of drug-likeness (QED) is 0.571. The van der Waals surface area contributed by atoms with Gasteiger partial charge in [-0.15, -0.1) is 0 Å². The van der Waals surface area contributed by atoms with Gasteiger partial charge in [0.05, 0.1) is 12.0 Å². The summed E-state index contributed by atoms with van der Waals surface area (Å²) in [6.07, 6.45) is 6.86. The lowest BCUT2D eigenvalue weighted by molar-refractivity contribution is -0.116. The number of carbonyl (C=O) groups excluding carboxylic acids is 1. The molecule has 128 valence electrons. The highest BCUT2D eigenvalue weighted by Gasteiger charge is 2.33. The number of imidazole rings is 1. The van der Waals surface area contributed by atoms with E-state index in [2.05, 4.69) is 35.3 Å². The lowest BCUT2D eigenvalue weighted by Gasteiger charge is -2.24. The Hall–Kier alpha value is -3.62. The van der Waals surface area contributed by atoms with Crippen LogP contribution in [-0.4, -0.2) is 40.6 Å².